The summed E-state index contributed by atoms with van der Waals surface area (Å²) in [4.78, 5) is 24.5. The molecule has 0 radical (unpaired) electrons. The van der Waals surface area contributed by atoms with Crippen LogP contribution in [0.3, 0.4) is 0 Å². The number of thioether (sulfide) groups is 1. The van der Waals surface area contributed by atoms with Crippen molar-refractivity contribution in [3.8, 4) is 6.07 Å². The lowest BCUT2D eigenvalue weighted by Gasteiger charge is -2.28. The van der Waals surface area contributed by atoms with Gasteiger partial charge in [-0.25, -0.2) is 0 Å². The predicted molar refractivity (Wildman–Crippen MR) is 94.1 cm³/mol. The number of hydrogen-bond donors (Lipinski definition) is 1. The number of hydrogen-bond acceptors (Lipinski definition) is 6. The number of thiophene rings is 1. The van der Waals surface area contributed by atoms with Crippen LogP contribution in [0.5, 0.6) is 0 Å². The summed E-state index contributed by atoms with van der Waals surface area (Å²) < 4.78 is 0. The lowest BCUT2D eigenvalue weighted by molar-refractivity contribution is -0.115. The van der Waals surface area contributed by atoms with Gasteiger partial charge >= 0.3 is 0 Å². The van der Waals surface area contributed by atoms with Crippen LogP contribution in [0.2, 0.25) is 0 Å². The van der Waals surface area contributed by atoms with Crippen LogP contribution in [0.1, 0.15) is 37.1 Å². The Labute approximate surface area is 144 Å². The second-order valence-electron chi connectivity index (χ2n) is 5.47. The highest BCUT2D eigenvalue weighted by atomic mass is 32.2. The van der Waals surface area contributed by atoms with Gasteiger partial charge in [0.05, 0.1) is 28.3 Å². The van der Waals surface area contributed by atoms with Crippen molar-refractivity contribution in [3.63, 3.8) is 0 Å². The van der Waals surface area contributed by atoms with Gasteiger partial charge in [-0.2, -0.15) is 5.26 Å². The minimum Gasteiger partial charge on any atom is -0.353 e. The number of carbonyl (C=O) groups is 2. The second kappa shape index (κ2) is 7.16. The number of aryl methyl sites for hydroxylation is 1. The molecule has 0 saturated carbocycles. The summed E-state index contributed by atoms with van der Waals surface area (Å²) in [5.41, 5.74) is 2.95. The fourth-order valence-electron chi connectivity index (χ4n) is 2.61. The summed E-state index contributed by atoms with van der Waals surface area (Å²) in [6.07, 6.45) is 0. The average molecular weight is 346 g/mol. The summed E-state index contributed by atoms with van der Waals surface area (Å²) in [5, 5.41) is 15.5. The Morgan fingerprint density at radius 2 is 2.09 bits per heavy atom. The molecule has 1 atom stereocenters. The number of nitriles is 1. The van der Waals surface area contributed by atoms with Gasteiger partial charge in [0.25, 0.3) is 0 Å². The van der Waals surface area contributed by atoms with Gasteiger partial charge in [0, 0.05) is 16.1 Å². The van der Waals surface area contributed by atoms with Crippen molar-refractivity contribution in [2.75, 3.05) is 5.75 Å². The predicted octanol–water partition coefficient (Wildman–Crippen LogP) is 3.66. The maximum Gasteiger partial charge on any atom is 0.158 e. The van der Waals surface area contributed by atoms with E-state index in [-0.39, 0.29) is 17.5 Å². The van der Waals surface area contributed by atoms with Gasteiger partial charge in [0.15, 0.2) is 5.78 Å². The third-order valence-corrected chi connectivity index (χ3v) is 5.86. The maximum absolute atomic E-state index is 12.2. The minimum absolute atomic E-state index is 0.0452. The van der Waals surface area contributed by atoms with Crippen molar-refractivity contribution in [1.29, 1.82) is 5.26 Å². The number of nitrogens with one attached hydrogen (secondary N) is 1. The van der Waals surface area contributed by atoms with Crippen LogP contribution in [0, 0.1) is 18.3 Å². The molecule has 0 bridgehead atoms. The Bertz CT molecular complexity index is 766. The third-order valence-electron chi connectivity index (χ3n) is 3.61. The fraction of sp³-hybridized carbons (Fsp3) is 0.353. The molecule has 23 heavy (non-hydrogen) atoms. The molecule has 0 saturated heterocycles. The fourth-order valence-corrected chi connectivity index (χ4v) is 4.55. The highest BCUT2D eigenvalue weighted by molar-refractivity contribution is 8.03. The van der Waals surface area contributed by atoms with Gasteiger partial charge in [0.1, 0.15) is 5.78 Å². The number of allylic oxidation sites excluding steroid dienone is 3. The minimum atomic E-state index is -0.354. The van der Waals surface area contributed by atoms with E-state index in [0.29, 0.717) is 21.9 Å². The molecule has 0 spiro atoms. The van der Waals surface area contributed by atoms with Gasteiger partial charge in [-0.1, -0.05) is 11.8 Å². The molecule has 0 aromatic carbocycles. The number of rotatable bonds is 5. The van der Waals surface area contributed by atoms with Crippen LogP contribution in [0.4, 0.5) is 0 Å². The van der Waals surface area contributed by atoms with E-state index in [9.17, 15) is 14.9 Å². The molecule has 4 nitrogen and oxygen atoms in total. The average Bonchev–Trinajstić information content (AvgIpc) is 2.89. The van der Waals surface area contributed by atoms with Crippen molar-refractivity contribution in [2.45, 2.75) is 33.6 Å². The van der Waals surface area contributed by atoms with Crippen molar-refractivity contribution < 1.29 is 9.59 Å². The number of Topliss-reactive ketones (excluding diaryl/α,β-unsaturated/α-hetero) is 2. The van der Waals surface area contributed by atoms with Gasteiger partial charge in [0.2, 0.25) is 0 Å². The Morgan fingerprint density at radius 3 is 2.57 bits per heavy atom. The van der Waals surface area contributed by atoms with Crippen molar-refractivity contribution in [1.82, 2.24) is 5.32 Å². The zero-order chi connectivity index (χ0) is 17.1. The Kier molecular flexibility index (Phi) is 5.45. The summed E-state index contributed by atoms with van der Waals surface area (Å²) in [5.74, 6) is -0.0550. The molecule has 1 aliphatic rings. The van der Waals surface area contributed by atoms with Gasteiger partial charge in [-0.05, 0) is 44.7 Å². The van der Waals surface area contributed by atoms with Crippen LogP contribution < -0.4 is 5.32 Å². The van der Waals surface area contributed by atoms with E-state index >= 15 is 0 Å². The Hall–Kier alpha value is -1.84. The largest absolute Gasteiger partial charge is 0.353 e. The number of dihydropyridines is 1. The Balaban J connectivity index is 2.58. The standard InChI is InChI=1S/C17H18N2O2S2/c1-9-5-6-22-16(9)15-13(7-18)17(23-8-10(2)20)19-11(3)14(15)12(4)21/h5-6,15,19H,8H2,1-4H3. The van der Waals surface area contributed by atoms with E-state index in [1.54, 1.807) is 11.3 Å². The molecular formula is C17H18N2O2S2. The van der Waals surface area contributed by atoms with E-state index in [4.69, 9.17) is 0 Å². The quantitative estimate of drug-likeness (QED) is 0.881. The van der Waals surface area contributed by atoms with Gasteiger partial charge in [-0.15, -0.1) is 11.3 Å². The van der Waals surface area contributed by atoms with Crippen molar-refractivity contribution in [2.24, 2.45) is 0 Å². The van der Waals surface area contributed by atoms with E-state index in [1.807, 2.05) is 25.3 Å². The van der Waals surface area contributed by atoms with Crippen LogP contribution in [-0.2, 0) is 9.59 Å². The lowest BCUT2D eigenvalue weighted by Crippen LogP contribution is -2.27. The smallest absolute Gasteiger partial charge is 0.158 e. The SMILES string of the molecule is CC(=O)CSC1=C(C#N)C(c2sccc2C)C(C(C)=O)=C(C)N1. The third kappa shape index (κ3) is 3.57. The monoisotopic (exact) mass is 346 g/mol. The van der Waals surface area contributed by atoms with Crippen LogP contribution in [0.15, 0.2) is 33.3 Å². The second-order valence-corrected chi connectivity index (χ2v) is 7.40. The zero-order valence-electron chi connectivity index (χ0n) is 13.5. The lowest BCUT2D eigenvalue weighted by atomic mass is 9.84. The summed E-state index contributed by atoms with van der Waals surface area (Å²) >= 11 is 2.87. The van der Waals surface area contributed by atoms with E-state index in [2.05, 4.69) is 11.4 Å². The van der Waals surface area contributed by atoms with Gasteiger partial charge < -0.3 is 5.32 Å². The normalized spacial score (nSPS) is 17.8. The first-order valence-corrected chi connectivity index (χ1v) is 9.02. The molecule has 1 N–H and O–H groups in total. The molecule has 0 amide bonds. The zero-order valence-corrected chi connectivity index (χ0v) is 15.2. The number of nitrogens with zero attached hydrogens (tertiary/aromatic N) is 1. The molecule has 2 heterocycles. The molecule has 120 valence electrons. The van der Waals surface area contributed by atoms with Crippen molar-refractivity contribution >= 4 is 34.7 Å². The molecule has 6 heteroatoms. The van der Waals surface area contributed by atoms with E-state index in [1.165, 1.54) is 25.6 Å². The molecule has 1 aliphatic heterocycles. The molecular weight excluding hydrogens is 328 g/mol. The molecule has 0 fully saturated rings. The molecule has 1 aromatic heterocycles. The van der Waals surface area contributed by atoms with E-state index in [0.717, 1.165) is 16.1 Å². The topological polar surface area (TPSA) is 70.0 Å². The molecule has 0 aliphatic carbocycles. The molecule has 2 rings (SSSR count). The van der Waals surface area contributed by atoms with Crippen LogP contribution in [0.25, 0.3) is 0 Å². The first kappa shape index (κ1) is 17.5. The highest BCUT2D eigenvalue weighted by Gasteiger charge is 2.34. The Morgan fingerprint density at radius 1 is 1.39 bits per heavy atom. The van der Waals surface area contributed by atoms with Crippen LogP contribution in [-0.4, -0.2) is 17.3 Å². The van der Waals surface area contributed by atoms with Crippen molar-refractivity contribution in [3.05, 3.63) is 43.8 Å². The van der Waals surface area contributed by atoms with E-state index < -0.39 is 0 Å². The van der Waals surface area contributed by atoms with Crippen LogP contribution >= 0.6 is 23.1 Å². The summed E-state index contributed by atoms with van der Waals surface area (Å²) in [7, 11) is 0. The maximum atomic E-state index is 12.2. The van der Waals surface area contributed by atoms with Gasteiger partial charge in [-0.3, -0.25) is 9.59 Å². The molecule has 1 unspecified atom stereocenters. The highest BCUT2D eigenvalue weighted by Crippen LogP contribution is 2.43. The number of carbonyl (C=O) groups excluding carboxylic acids is 2. The summed E-state index contributed by atoms with van der Waals surface area (Å²) in [6.45, 7) is 6.87. The first-order chi connectivity index (χ1) is 10.9. The number of ketones is 2. The molecule has 1 aromatic rings. The first-order valence-electron chi connectivity index (χ1n) is 7.16. The summed E-state index contributed by atoms with van der Waals surface area (Å²) in [6, 6.07) is 4.25.